The number of hydrogen-bond acceptors (Lipinski definition) is 3. The molecule has 19 heavy (non-hydrogen) atoms. The molecular weight excluding hydrogens is 256 g/mol. The molecule has 1 atom stereocenters. The van der Waals surface area contributed by atoms with Crippen molar-refractivity contribution in [1.82, 2.24) is 10.6 Å². The van der Waals surface area contributed by atoms with Crippen LogP contribution < -0.4 is 10.6 Å². The lowest BCUT2D eigenvalue weighted by atomic mass is 10.0. The highest BCUT2D eigenvalue weighted by Crippen LogP contribution is 2.35. The molecule has 0 aliphatic carbocycles. The molecule has 2 rings (SSSR count). The first-order chi connectivity index (χ1) is 9.16. The molecule has 2 N–H and O–H groups in total. The third kappa shape index (κ3) is 4.25. The third-order valence-corrected chi connectivity index (χ3v) is 4.30. The Labute approximate surface area is 119 Å². The Kier molecular flexibility index (Phi) is 5.28. The molecular formula is C15H22N2OS. The molecule has 1 aromatic rings. The van der Waals surface area contributed by atoms with Gasteiger partial charge in [-0.05, 0) is 29.7 Å². The van der Waals surface area contributed by atoms with Crippen LogP contribution in [0.4, 0.5) is 0 Å². The fourth-order valence-corrected chi connectivity index (χ4v) is 3.28. The normalized spacial score (nSPS) is 18.2. The van der Waals surface area contributed by atoms with E-state index in [9.17, 15) is 4.79 Å². The number of rotatable bonds is 5. The molecule has 0 saturated carbocycles. The van der Waals surface area contributed by atoms with Crippen molar-refractivity contribution in [2.24, 2.45) is 5.92 Å². The molecule has 1 aromatic carbocycles. The van der Waals surface area contributed by atoms with Crippen LogP contribution in [0.3, 0.4) is 0 Å². The van der Waals surface area contributed by atoms with Gasteiger partial charge in [-0.1, -0.05) is 32.0 Å². The summed E-state index contributed by atoms with van der Waals surface area (Å²) in [5.41, 5.74) is 1.33. The first kappa shape index (κ1) is 14.4. The Morgan fingerprint density at radius 3 is 3.00 bits per heavy atom. The van der Waals surface area contributed by atoms with Gasteiger partial charge in [-0.3, -0.25) is 4.79 Å². The van der Waals surface area contributed by atoms with E-state index in [1.165, 1.54) is 10.5 Å². The number of thioether (sulfide) groups is 1. The van der Waals surface area contributed by atoms with Gasteiger partial charge in [0.1, 0.15) is 0 Å². The molecule has 0 radical (unpaired) electrons. The summed E-state index contributed by atoms with van der Waals surface area (Å²) in [4.78, 5) is 13.1. The van der Waals surface area contributed by atoms with Gasteiger partial charge in [0.2, 0.25) is 5.91 Å². The fourth-order valence-electron chi connectivity index (χ4n) is 2.15. The summed E-state index contributed by atoms with van der Waals surface area (Å²) in [6.45, 7) is 5.35. The van der Waals surface area contributed by atoms with E-state index in [1.54, 1.807) is 0 Å². The molecule has 0 saturated heterocycles. The first-order valence-electron chi connectivity index (χ1n) is 6.88. The average molecular weight is 278 g/mol. The number of fused-ring (bicyclic) bond motifs is 1. The number of carbonyl (C=O) groups excluding carboxylic acids is 1. The number of hydrogen-bond donors (Lipinski definition) is 2. The summed E-state index contributed by atoms with van der Waals surface area (Å²) in [5, 5.41) is 6.31. The lowest BCUT2D eigenvalue weighted by molar-refractivity contribution is -0.120. The number of carbonyl (C=O) groups is 1. The van der Waals surface area contributed by atoms with Crippen LogP contribution in [0.5, 0.6) is 0 Å². The lowest BCUT2D eigenvalue weighted by Crippen LogP contribution is -2.38. The second-order valence-corrected chi connectivity index (χ2v) is 6.44. The maximum Gasteiger partial charge on any atom is 0.233 e. The minimum Gasteiger partial charge on any atom is -0.355 e. The number of benzene rings is 1. The molecule has 0 aromatic heterocycles. The van der Waals surface area contributed by atoms with Gasteiger partial charge in [-0.25, -0.2) is 0 Å². The molecule has 1 aliphatic rings. The van der Waals surface area contributed by atoms with Gasteiger partial charge >= 0.3 is 0 Å². The van der Waals surface area contributed by atoms with Gasteiger partial charge in [0.25, 0.3) is 0 Å². The van der Waals surface area contributed by atoms with Crippen molar-refractivity contribution >= 4 is 17.7 Å². The monoisotopic (exact) mass is 278 g/mol. The third-order valence-electron chi connectivity index (χ3n) is 3.18. The molecule has 1 unspecified atom stereocenters. The van der Waals surface area contributed by atoms with E-state index in [4.69, 9.17) is 0 Å². The summed E-state index contributed by atoms with van der Waals surface area (Å²) >= 11 is 1.90. The smallest absolute Gasteiger partial charge is 0.233 e. The molecule has 0 bridgehead atoms. The molecule has 1 amide bonds. The van der Waals surface area contributed by atoms with Crippen molar-refractivity contribution in [1.29, 1.82) is 0 Å². The highest BCUT2D eigenvalue weighted by molar-refractivity contribution is 7.99. The maximum absolute atomic E-state index is 11.7. The van der Waals surface area contributed by atoms with Gasteiger partial charge in [0.05, 0.1) is 6.54 Å². The Morgan fingerprint density at radius 2 is 2.21 bits per heavy atom. The maximum atomic E-state index is 11.7. The SMILES string of the molecule is CC(C)CNC(=O)CNC1CCSc2ccccc21. The van der Waals surface area contributed by atoms with Crippen LogP contribution in [0.15, 0.2) is 29.2 Å². The zero-order chi connectivity index (χ0) is 13.7. The van der Waals surface area contributed by atoms with Gasteiger partial charge in [0, 0.05) is 17.5 Å². The van der Waals surface area contributed by atoms with Crippen LogP contribution >= 0.6 is 11.8 Å². The van der Waals surface area contributed by atoms with Crippen molar-refractivity contribution in [3.63, 3.8) is 0 Å². The van der Waals surface area contributed by atoms with Crippen LogP contribution in [0.2, 0.25) is 0 Å². The minimum absolute atomic E-state index is 0.0874. The fraction of sp³-hybridized carbons (Fsp3) is 0.533. The quantitative estimate of drug-likeness (QED) is 0.870. The summed E-state index contributed by atoms with van der Waals surface area (Å²) in [5.74, 6) is 1.70. The van der Waals surface area contributed by atoms with Gasteiger partial charge in [0.15, 0.2) is 0 Å². The molecule has 104 valence electrons. The molecule has 0 fully saturated rings. The van der Waals surface area contributed by atoms with Gasteiger partial charge < -0.3 is 10.6 Å². The molecule has 4 heteroatoms. The van der Waals surface area contributed by atoms with Crippen molar-refractivity contribution in [2.45, 2.75) is 31.2 Å². The number of nitrogens with one attached hydrogen (secondary N) is 2. The van der Waals surface area contributed by atoms with Crippen molar-refractivity contribution in [3.05, 3.63) is 29.8 Å². The summed E-state index contributed by atoms with van der Waals surface area (Å²) in [6, 6.07) is 8.77. The van der Waals surface area contributed by atoms with Crippen molar-refractivity contribution in [2.75, 3.05) is 18.8 Å². The molecule has 3 nitrogen and oxygen atoms in total. The van der Waals surface area contributed by atoms with Crippen LogP contribution in [0.1, 0.15) is 31.9 Å². The lowest BCUT2D eigenvalue weighted by Gasteiger charge is -2.25. The number of amides is 1. The largest absolute Gasteiger partial charge is 0.355 e. The minimum atomic E-state index is 0.0874. The van der Waals surface area contributed by atoms with E-state index in [0.29, 0.717) is 18.5 Å². The highest BCUT2D eigenvalue weighted by atomic mass is 32.2. The highest BCUT2D eigenvalue weighted by Gasteiger charge is 2.20. The van der Waals surface area contributed by atoms with Crippen molar-refractivity contribution in [3.8, 4) is 0 Å². The molecule has 1 aliphatic heterocycles. The van der Waals surface area contributed by atoms with E-state index in [2.05, 4.69) is 48.7 Å². The van der Waals surface area contributed by atoms with Gasteiger partial charge in [-0.2, -0.15) is 0 Å². The first-order valence-corrected chi connectivity index (χ1v) is 7.87. The van der Waals surface area contributed by atoms with E-state index in [-0.39, 0.29) is 5.91 Å². The Morgan fingerprint density at radius 1 is 1.42 bits per heavy atom. The predicted octanol–water partition coefficient (Wildman–Crippen LogP) is 2.59. The van der Waals surface area contributed by atoms with E-state index in [0.717, 1.165) is 18.7 Å². The Balaban J connectivity index is 1.86. The van der Waals surface area contributed by atoms with E-state index >= 15 is 0 Å². The zero-order valence-electron chi connectivity index (χ0n) is 11.6. The van der Waals surface area contributed by atoms with Crippen LogP contribution in [0, 0.1) is 5.92 Å². The van der Waals surface area contributed by atoms with Crippen LogP contribution in [-0.2, 0) is 4.79 Å². The zero-order valence-corrected chi connectivity index (χ0v) is 12.4. The molecule has 0 spiro atoms. The Hall–Kier alpha value is -1.00. The van der Waals surface area contributed by atoms with E-state index in [1.807, 2.05) is 11.8 Å². The second kappa shape index (κ2) is 6.96. The van der Waals surface area contributed by atoms with Gasteiger partial charge in [-0.15, -0.1) is 11.8 Å². The standard InChI is InChI=1S/C15H22N2OS/c1-11(2)9-17-15(18)10-16-13-7-8-19-14-6-4-3-5-12(13)14/h3-6,11,13,16H,7-10H2,1-2H3,(H,17,18). The van der Waals surface area contributed by atoms with Crippen LogP contribution in [0.25, 0.3) is 0 Å². The second-order valence-electron chi connectivity index (χ2n) is 5.31. The average Bonchev–Trinajstić information content (AvgIpc) is 2.42. The summed E-state index contributed by atoms with van der Waals surface area (Å²) < 4.78 is 0. The summed E-state index contributed by atoms with van der Waals surface area (Å²) in [7, 11) is 0. The van der Waals surface area contributed by atoms with E-state index < -0.39 is 0 Å². The van der Waals surface area contributed by atoms with Crippen molar-refractivity contribution < 1.29 is 4.79 Å². The topological polar surface area (TPSA) is 41.1 Å². The van der Waals surface area contributed by atoms with Crippen LogP contribution in [-0.4, -0.2) is 24.7 Å². The Bertz CT molecular complexity index is 434. The summed E-state index contributed by atoms with van der Waals surface area (Å²) in [6.07, 6.45) is 1.08. The molecule has 1 heterocycles. The predicted molar refractivity (Wildman–Crippen MR) is 80.4 cm³/mol.